The van der Waals surface area contributed by atoms with Crippen molar-refractivity contribution in [2.45, 2.75) is 101 Å². The number of aromatic hydroxyl groups is 1. The number of aliphatic hydroxyl groups is 1. The van der Waals surface area contributed by atoms with Gasteiger partial charge < -0.3 is 79.8 Å². The standard InChI is InChI=1S/C18H22Cl2N2O4S.C10H11NO6S.C10H13NO2.C9H9NO4.C9H11NO2.C8H9Cl2N.C7H17N.C6H5NO3.C4H8O.CH3ClO2S/c1-27(24,25)22-14-3-2-4-16(10-14)26-12-15(23)11-21-8-7-13-5-6-17(19)18(20)9-13;1-10(6-16-10)7-17-18(14,15)9-4-2-3-8(5-9)11(12)13;1-11-8-3-2-4-9(5-8)12-6-10-7-13-10;11-10(12)7-2-1-3-8(4-7)13-5-9-6-14-9;10-7-2-1-3-8(4-7)11-5-9-6-12-9;9-7-2-1-6(3-4-11)5-8(7)10;1-5-8(6-2)7(3)4;8-6-3-1-2-5(4-6)7(9)10;1-2-4-5-3-1;1-5(2,3)4/h2-6,9-10,15,21-23H,7-8,11-12H2,1H3;2-5H,6-7H2,1H3;2-5,10-11H,6-7H2,1H3;1-4,9H,5-6H2;1-4,9H,5-6,10H2;1-2,5H,3-4,11H2;7H,5-6H2,1-4H3;1-4,8H;1-4H2;1H3/t15-;2*10-;2*9-;;;;;/m10111...../s1. The fourth-order valence-corrected chi connectivity index (χ4v) is 11.8. The molecule has 9 N–H and O–H groups in total. The van der Waals surface area contributed by atoms with Gasteiger partial charge in [-0.1, -0.05) is 109 Å². The first-order valence-electron chi connectivity index (χ1n) is 38.4. The first-order chi connectivity index (χ1) is 58.2. The third-order valence-corrected chi connectivity index (χ3v) is 19.7. The van der Waals surface area contributed by atoms with Crippen LogP contribution in [0.15, 0.2) is 187 Å². The summed E-state index contributed by atoms with van der Waals surface area (Å²) in [5.41, 5.74) is 14.4. The van der Waals surface area contributed by atoms with Crippen LogP contribution in [0.4, 0.5) is 34.1 Å². The summed E-state index contributed by atoms with van der Waals surface area (Å²) in [4.78, 5) is 31.6. The molecule has 0 aromatic heterocycles. The van der Waals surface area contributed by atoms with Gasteiger partial charge in [-0.25, -0.2) is 16.8 Å². The Morgan fingerprint density at radius 3 is 1.43 bits per heavy atom. The summed E-state index contributed by atoms with van der Waals surface area (Å²) in [5.74, 6) is 2.59. The Balaban J connectivity index is 0.000000297. The van der Waals surface area contributed by atoms with Crippen LogP contribution in [0.1, 0.15) is 58.6 Å². The van der Waals surface area contributed by atoms with Crippen molar-refractivity contribution in [1.29, 1.82) is 0 Å². The largest absolute Gasteiger partial charge is 0.508 e. The summed E-state index contributed by atoms with van der Waals surface area (Å²) in [6, 6.07) is 49.7. The number of nitro benzene ring substituents is 3. The number of halogens is 5. The monoisotopic (exact) mass is 1870 g/mol. The number of phenols is 1. The Morgan fingerprint density at radius 1 is 0.593 bits per heavy atom. The fourth-order valence-electron chi connectivity index (χ4n) is 9.57. The predicted octanol–water partition coefficient (Wildman–Crippen LogP) is 14.5. The van der Waals surface area contributed by atoms with E-state index in [2.05, 4.69) is 58.6 Å². The average Bonchev–Trinajstić information content (AvgIpc) is 1.64. The summed E-state index contributed by atoms with van der Waals surface area (Å²) in [6.07, 6.45) is 6.23. The molecule has 0 bridgehead atoms. The lowest BCUT2D eigenvalue weighted by molar-refractivity contribution is -0.385. The van der Waals surface area contributed by atoms with Gasteiger partial charge in [0.2, 0.25) is 19.1 Å². The molecule has 678 valence electrons. The highest BCUT2D eigenvalue weighted by Gasteiger charge is 2.41. The van der Waals surface area contributed by atoms with Gasteiger partial charge in [0.15, 0.2) is 0 Å². The second-order valence-electron chi connectivity index (χ2n) is 27.6. The molecule has 5 atom stereocenters. The van der Waals surface area contributed by atoms with E-state index in [0.29, 0.717) is 102 Å². The molecule has 5 saturated heterocycles. The van der Waals surface area contributed by atoms with Crippen molar-refractivity contribution in [3.63, 3.8) is 0 Å². The van der Waals surface area contributed by atoms with Crippen LogP contribution < -0.4 is 45.8 Å². The lowest BCUT2D eigenvalue weighted by Gasteiger charge is -2.21. The molecule has 0 aliphatic carbocycles. The van der Waals surface area contributed by atoms with E-state index in [-0.39, 0.29) is 47.0 Å². The van der Waals surface area contributed by atoms with Gasteiger partial charge in [-0.2, -0.15) is 8.42 Å². The van der Waals surface area contributed by atoms with Gasteiger partial charge in [-0.3, -0.25) is 39.2 Å². The first kappa shape index (κ1) is 107. The molecular weight excluding hydrogens is 1770 g/mol. The number of non-ortho nitro benzene ring substituents is 3. The number of nitro groups is 3. The SMILES string of the molecule is C1CCOC1.CCN(CC)C(C)C.CNc1cccc(OC[C@@H]2CO2)c1.CS(=O)(=O)Cl.CS(=O)(=O)Nc1cccc(OC[C@H](O)CNCCc2ccc(Cl)c(Cl)c2)c1.C[C@@]1(COS(=O)(=O)c2cccc([N+](=O)[O-])c2)CO1.NCCc1ccc(Cl)c(Cl)c1.Nc1cccc(OC[C@@H]2CO2)c1.O=[N+]([O-])c1cccc(O)c1.O=[N+]([O-])c1cccc(OC[C@@H]2CO2)c1. The van der Waals surface area contributed by atoms with E-state index >= 15 is 0 Å². The molecule has 0 unspecified atom stereocenters. The molecule has 0 amide bonds. The van der Waals surface area contributed by atoms with Crippen LogP contribution in [-0.2, 0) is 69.9 Å². The van der Waals surface area contributed by atoms with E-state index in [1.165, 1.54) is 74.5 Å². The number of nitrogen functional groups attached to an aromatic ring is 1. The van der Waals surface area contributed by atoms with Crippen molar-refractivity contribution in [2.75, 3.05) is 141 Å². The fraction of sp³-hybridized carbons (Fsp3) is 0.415. The van der Waals surface area contributed by atoms with Crippen LogP contribution in [0.3, 0.4) is 0 Å². The molecule has 0 radical (unpaired) electrons. The van der Waals surface area contributed by atoms with Gasteiger partial charge in [0.05, 0.1) is 98.2 Å². The molecule has 5 heterocycles. The molecule has 5 aliphatic rings. The molecule has 41 heteroatoms. The van der Waals surface area contributed by atoms with E-state index in [9.17, 15) is 60.7 Å². The van der Waals surface area contributed by atoms with Crippen LogP contribution in [0, 0.1) is 30.3 Å². The van der Waals surface area contributed by atoms with Crippen molar-refractivity contribution < 1.29 is 97.1 Å². The number of nitrogens with zero attached hydrogens (tertiary/aromatic N) is 4. The molecule has 123 heavy (non-hydrogen) atoms. The summed E-state index contributed by atoms with van der Waals surface area (Å²) in [6.45, 7) is 21.1. The lowest BCUT2D eigenvalue weighted by Crippen LogP contribution is -2.32. The Bertz CT molecular complexity index is 4850. The van der Waals surface area contributed by atoms with Gasteiger partial charge in [0.1, 0.15) is 90.1 Å². The maximum absolute atomic E-state index is 11.8. The van der Waals surface area contributed by atoms with Crippen molar-refractivity contribution in [3.8, 4) is 28.7 Å². The second kappa shape index (κ2) is 56.3. The summed E-state index contributed by atoms with van der Waals surface area (Å²) in [7, 11) is -4.14. The number of rotatable bonds is 32. The predicted molar refractivity (Wildman–Crippen MR) is 478 cm³/mol. The number of nitrogens with one attached hydrogen (secondary N) is 3. The summed E-state index contributed by atoms with van der Waals surface area (Å²) >= 11 is 23.4. The first-order valence-corrected chi connectivity index (χ1v) is 45.9. The highest BCUT2D eigenvalue weighted by atomic mass is 35.7. The maximum Gasteiger partial charge on any atom is 0.297 e. The van der Waals surface area contributed by atoms with Gasteiger partial charge >= 0.3 is 0 Å². The topological polar surface area (TPSA) is 469 Å². The van der Waals surface area contributed by atoms with Crippen LogP contribution >= 0.6 is 57.1 Å². The highest BCUT2D eigenvalue weighted by Crippen LogP contribution is 2.30. The maximum atomic E-state index is 11.8. The molecule has 5 aliphatic heterocycles. The Hall–Kier alpha value is -8.74. The quantitative estimate of drug-likeness (QED) is 0.00391. The minimum Gasteiger partial charge on any atom is -0.508 e. The number of phenolic OH excluding ortho intramolecular Hbond substituents is 1. The number of aliphatic hydroxyl groups excluding tert-OH is 1. The number of epoxide rings is 4. The molecule has 0 saturated carbocycles. The Labute approximate surface area is 742 Å². The van der Waals surface area contributed by atoms with Crippen molar-refractivity contribution in [3.05, 3.63) is 244 Å². The van der Waals surface area contributed by atoms with Crippen LogP contribution in [0.25, 0.3) is 0 Å². The third-order valence-electron chi connectivity index (χ3n) is 16.4. The molecule has 8 aromatic rings. The zero-order chi connectivity index (χ0) is 91.1. The third kappa shape index (κ3) is 50.7. The van der Waals surface area contributed by atoms with Gasteiger partial charge in [0, 0.05) is 97.4 Å². The number of benzene rings is 8. The van der Waals surface area contributed by atoms with Gasteiger partial charge in [-0.05, 0) is 163 Å². The normalized spacial score (nSPS) is 16.2. The molecular formula is C82H108Cl5N9O24S3. The number of ether oxygens (including phenoxy) is 9. The zero-order valence-corrected chi connectivity index (χ0v) is 75.5. The van der Waals surface area contributed by atoms with Gasteiger partial charge in [0.25, 0.3) is 27.2 Å². The Kier molecular flexibility index (Phi) is 48.8. The minimum atomic E-state index is -3.99. The number of hydrogen-bond acceptors (Lipinski definition) is 29. The van der Waals surface area contributed by atoms with E-state index in [1.807, 2.05) is 79.8 Å². The van der Waals surface area contributed by atoms with E-state index in [4.69, 9.17) is 110 Å². The minimum absolute atomic E-state index is 0.0409. The van der Waals surface area contributed by atoms with Crippen LogP contribution in [-0.4, -0.2) is 216 Å². The molecule has 8 aromatic carbocycles. The van der Waals surface area contributed by atoms with Gasteiger partial charge in [-0.15, -0.1) is 0 Å². The van der Waals surface area contributed by atoms with Crippen molar-refractivity contribution >= 4 is 120 Å². The number of hydrogen-bond donors (Lipinski definition) is 7. The number of sulfonamides is 1. The van der Waals surface area contributed by atoms with E-state index < -0.39 is 55.7 Å². The lowest BCUT2D eigenvalue weighted by atomic mass is 10.1. The number of nitrogens with two attached hydrogens (primary N) is 2. The van der Waals surface area contributed by atoms with Crippen LogP contribution in [0.5, 0.6) is 28.7 Å². The van der Waals surface area contributed by atoms with E-state index in [1.54, 1.807) is 55.5 Å². The molecule has 0 spiro atoms. The average molecular weight is 1880 g/mol. The molecule has 13 rings (SSSR count). The zero-order valence-electron chi connectivity index (χ0n) is 69.3. The molecule has 33 nitrogen and oxygen atoms in total. The van der Waals surface area contributed by atoms with E-state index in [0.717, 1.165) is 105 Å². The van der Waals surface area contributed by atoms with Crippen molar-refractivity contribution in [1.82, 2.24) is 10.2 Å². The highest BCUT2D eigenvalue weighted by molar-refractivity contribution is 8.13. The summed E-state index contributed by atoms with van der Waals surface area (Å²) < 4.78 is 119. The second-order valence-corrected chi connectivity index (χ2v) is 35.6. The van der Waals surface area contributed by atoms with Crippen LogP contribution in [0.2, 0.25) is 20.1 Å². The summed E-state index contributed by atoms with van der Waals surface area (Å²) in [5, 5.41) is 58.2. The molecule has 5 fully saturated rings. The smallest absolute Gasteiger partial charge is 0.297 e. The Morgan fingerprint density at radius 2 is 1.02 bits per heavy atom. The number of anilines is 3. The van der Waals surface area contributed by atoms with Crippen molar-refractivity contribution in [2.24, 2.45) is 5.73 Å².